The first-order valence-electron chi connectivity index (χ1n) is 10.5. The van der Waals surface area contributed by atoms with Gasteiger partial charge in [0.05, 0.1) is 18.8 Å². The fourth-order valence-corrected chi connectivity index (χ4v) is 3.99. The van der Waals surface area contributed by atoms with Crippen molar-refractivity contribution in [3.05, 3.63) is 59.1 Å². The number of furan rings is 1. The van der Waals surface area contributed by atoms with E-state index in [1.54, 1.807) is 10.9 Å². The lowest BCUT2D eigenvalue weighted by Crippen LogP contribution is -2.36. The molecular formula is C22H26ClN5O3. The molecule has 0 bridgehead atoms. The molecule has 1 aliphatic heterocycles. The number of hydrogen-bond acceptors (Lipinski definition) is 6. The molecule has 3 heterocycles. The van der Waals surface area contributed by atoms with Crippen molar-refractivity contribution in [3.8, 4) is 11.3 Å². The first kappa shape index (κ1) is 21.5. The Morgan fingerprint density at radius 3 is 3.06 bits per heavy atom. The highest BCUT2D eigenvalue weighted by molar-refractivity contribution is 6.30. The fourth-order valence-electron chi connectivity index (χ4n) is 3.80. The van der Waals surface area contributed by atoms with Gasteiger partial charge in [0.2, 0.25) is 0 Å². The van der Waals surface area contributed by atoms with Crippen LogP contribution in [0, 0.1) is 0 Å². The molecule has 1 unspecified atom stereocenters. The molecule has 1 aromatic carbocycles. The van der Waals surface area contributed by atoms with Crippen LogP contribution in [-0.4, -0.2) is 57.1 Å². The van der Waals surface area contributed by atoms with Crippen LogP contribution in [-0.2, 0) is 6.54 Å². The van der Waals surface area contributed by atoms with Gasteiger partial charge in [-0.3, -0.25) is 9.69 Å². The zero-order chi connectivity index (χ0) is 21.6. The lowest BCUT2D eigenvalue weighted by Gasteiger charge is -2.31. The zero-order valence-electron chi connectivity index (χ0n) is 17.2. The average molecular weight is 444 g/mol. The minimum absolute atomic E-state index is 0.0428. The van der Waals surface area contributed by atoms with Crippen molar-refractivity contribution >= 4 is 17.5 Å². The number of benzene rings is 1. The first-order valence-corrected chi connectivity index (χ1v) is 10.9. The number of carbonyl (C=O) groups is 1. The highest BCUT2D eigenvalue weighted by Crippen LogP contribution is 2.27. The number of nitrogens with one attached hydrogen (secondary N) is 1. The second-order valence-corrected chi connectivity index (χ2v) is 8.16. The summed E-state index contributed by atoms with van der Waals surface area (Å²) in [7, 11) is 0. The minimum Gasteiger partial charge on any atom is -0.460 e. The highest BCUT2D eigenvalue weighted by Gasteiger charge is 2.24. The molecule has 164 valence electrons. The van der Waals surface area contributed by atoms with Crippen molar-refractivity contribution in [2.24, 2.45) is 0 Å². The third-order valence-electron chi connectivity index (χ3n) is 5.37. The van der Waals surface area contributed by atoms with Crippen molar-refractivity contribution in [3.63, 3.8) is 0 Å². The lowest BCUT2D eigenvalue weighted by atomic mass is 10.1. The van der Waals surface area contributed by atoms with Crippen LogP contribution < -0.4 is 5.32 Å². The molecule has 31 heavy (non-hydrogen) atoms. The number of piperidine rings is 1. The molecule has 0 radical (unpaired) electrons. The van der Waals surface area contributed by atoms with Gasteiger partial charge in [-0.2, -0.15) is 0 Å². The number of hydrogen-bond donors (Lipinski definition) is 2. The summed E-state index contributed by atoms with van der Waals surface area (Å²) in [6, 6.07) is 11.8. The summed E-state index contributed by atoms with van der Waals surface area (Å²) in [6.45, 7) is 2.95. The van der Waals surface area contributed by atoms with E-state index in [2.05, 4.69) is 20.5 Å². The van der Waals surface area contributed by atoms with Crippen LogP contribution in [0.15, 0.2) is 47.0 Å². The van der Waals surface area contributed by atoms with Gasteiger partial charge in [-0.25, -0.2) is 4.68 Å². The van der Waals surface area contributed by atoms with Gasteiger partial charge in [0, 0.05) is 30.3 Å². The topological polar surface area (TPSA) is 96.4 Å². The van der Waals surface area contributed by atoms with Crippen molar-refractivity contribution in [2.45, 2.75) is 31.8 Å². The number of aromatic nitrogens is 3. The minimum atomic E-state index is -0.267. The van der Waals surface area contributed by atoms with Crippen LogP contribution in [0.25, 0.3) is 11.3 Å². The van der Waals surface area contributed by atoms with E-state index in [0.717, 1.165) is 43.0 Å². The summed E-state index contributed by atoms with van der Waals surface area (Å²) in [5, 5.41) is 20.4. The Hall–Kier alpha value is -2.68. The van der Waals surface area contributed by atoms with E-state index in [0.29, 0.717) is 30.2 Å². The van der Waals surface area contributed by atoms with Crippen molar-refractivity contribution < 1.29 is 14.3 Å². The Morgan fingerprint density at radius 1 is 1.32 bits per heavy atom. The van der Waals surface area contributed by atoms with Gasteiger partial charge < -0.3 is 14.8 Å². The molecule has 1 aliphatic rings. The van der Waals surface area contributed by atoms with E-state index in [1.807, 2.05) is 36.4 Å². The van der Waals surface area contributed by atoms with Crippen LogP contribution >= 0.6 is 11.6 Å². The number of amides is 1. The maximum atomic E-state index is 12.1. The molecule has 1 saturated heterocycles. The van der Waals surface area contributed by atoms with Gasteiger partial charge in [-0.1, -0.05) is 28.9 Å². The molecule has 9 heteroatoms. The standard InChI is InChI=1S/C22H26ClN5O3/c23-17-5-1-4-16(12-17)21-8-7-19(31-21)14-27-10-2-6-18(13-27)28-15-20(25-26-28)22(30)24-9-3-11-29/h1,4-5,7-8,12,15,18,29H,2-3,6,9-11,13-14H2,(H,24,30). The lowest BCUT2D eigenvalue weighted by molar-refractivity contribution is 0.0946. The molecule has 1 fully saturated rings. The molecular weight excluding hydrogens is 418 g/mol. The predicted octanol–water partition coefficient (Wildman–Crippen LogP) is 3.14. The number of rotatable bonds is 8. The summed E-state index contributed by atoms with van der Waals surface area (Å²) in [4.78, 5) is 14.5. The highest BCUT2D eigenvalue weighted by atomic mass is 35.5. The third-order valence-corrected chi connectivity index (χ3v) is 5.60. The summed E-state index contributed by atoms with van der Waals surface area (Å²) >= 11 is 6.09. The van der Waals surface area contributed by atoms with Crippen LogP contribution in [0.3, 0.4) is 0 Å². The SMILES string of the molecule is O=C(NCCCO)c1cn(C2CCCN(Cc3ccc(-c4cccc(Cl)c4)o3)C2)nn1. The molecule has 2 N–H and O–H groups in total. The maximum Gasteiger partial charge on any atom is 0.273 e. The van der Waals surface area contributed by atoms with E-state index in [1.165, 1.54) is 0 Å². The summed E-state index contributed by atoms with van der Waals surface area (Å²) < 4.78 is 7.83. The van der Waals surface area contributed by atoms with Crippen molar-refractivity contribution in [2.75, 3.05) is 26.2 Å². The monoisotopic (exact) mass is 443 g/mol. The normalized spacial score (nSPS) is 17.0. The Kier molecular flexibility index (Phi) is 7.01. The number of carbonyl (C=O) groups excluding carboxylic acids is 1. The molecule has 0 aliphatic carbocycles. The summed E-state index contributed by atoms with van der Waals surface area (Å²) in [5.74, 6) is 1.44. The number of aliphatic hydroxyl groups is 1. The molecule has 3 aromatic rings. The van der Waals surface area contributed by atoms with Crippen LogP contribution in [0.1, 0.15) is 41.6 Å². The predicted molar refractivity (Wildman–Crippen MR) is 117 cm³/mol. The number of nitrogens with zero attached hydrogens (tertiary/aromatic N) is 4. The van der Waals surface area contributed by atoms with E-state index < -0.39 is 0 Å². The molecule has 0 spiro atoms. The smallest absolute Gasteiger partial charge is 0.273 e. The molecule has 4 rings (SSSR count). The van der Waals surface area contributed by atoms with Gasteiger partial charge in [0.25, 0.3) is 5.91 Å². The van der Waals surface area contributed by atoms with Gasteiger partial charge in [0.15, 0.2) is 5.69 Å². The number of halogens is 1. The quantitative estimate of drug-likeness (QED) is 0.519. The van der Waals surface area contributed by atoms with Gasteiger partial charge in [-0.15, -0.1) is 5.10 Å². The fraction of sp³-hybridized carbons (Fsp3) is 0.409. The molecule has 1 atom stereocenters. The van der Waals surface area contributed by atoms with Gasteiger partial charge in [-0.05, 0) is 50.1 Å². The van der Waals surface area contributed by atoms with Crippen LogP contribution in [0.5, 0.6) is 0 Å². The molecule has 8 nitrogen and oxygen atoms in total. The van der Waals surface area contributed by atoms with Gasteiger partial charge in [0.1, 0.15) is 11.5 Å². The van der Waals surface area contributed by atoms with Crippen LogP contribution in [0.2, 0.25) is 5.02 Å². The van der Waals surface area contributed by atoms with Gasteiger partial charge >= 0.3 is 0 Å². The zero-order valence-corrected chi connectivity index (χ0v) is 18.0. The van der Waals surface area contributed by atoms with E-state index in [-0.39, 0.29) is 18.6 Å². The van der Waals surface area contributed by atoms with E-state index in [4.69, 9.17) is 21.1 Å². The van der Waals surface area contributed by atoms with Crippen molar-refractivity contribution in [1.29, 1.82) is 0 Å². The molecule has 2 aromatic heterocycles. The third kappa shape index (κ3) is 5.52. The molecule has 0 saturated carbocycles. The molecule has 1 amide bonds. The van der Waals surface area contributed by atoms with E-state index >= 15 is 0 Å². The van der Waals surface area contributed by atoms with E-state index in [9.17, 15) is 4.79 Å². The largest absolute Gasteiger partial charge is 0.460 e. The second kappa shape index (κ2) is 10.1. The summed E-state index contributed by atoms with van der Waals surface area (Å²) in [6.07, 6.45) is 4.23. The summed E-state index contributed by atoms with van der Waals surface area (Å²) in [5.41, 5.74) is 1.26. The Bertz CT molecular complexity index is 1020. The maximum absolute atomic E-state index is 12.1. The Balaban J connectivity index is 1.36. The van der Waals surface area contributed by atoms with Crippen molar-refractivity contribution in [1.82, 2.24) is 25.2 Å². The average Bonchev–Trinajstić information content (AvgIpc) is 3.44. The Morgan fingerprint density at radius 2 is 2.23 bits per heavy atom. The van der Waals surface area contributed by atoms with Crippen LogP contribution in [0.4, 0.5) is 0 Å². The number of likely N-dealkylation sites (tertiary alicyclic amines) is 1. The second-order valence-electron chi connectivity index (χ2n) is 7.72. The number of aliphatic hydroxyl groups excluding tert-OH is 1. The first-order chi connectivity index (χ1) is 15.1. The Labute approximate surface area is 185 Å².